The minimum atomic E-state index is -0.106. The molecule has 1 aliphatic rings. The molecule has 2 unspecified atom stereocenters. The van der Waals surface area contributed by atoms with E-state index in [2.05, 4.69) is 12.2 Å². The number of rotatable bonds is 7. The summed E-state index contributed by atoms with van der Waals surface area (Å²) in [7, 11) is 3.31. The number of carbonyl (C=O) groups excluding carboxylic acids is 2. The van der Waals surface area contributed by atoms with Gasteiger partial charge in [0.2, 0.25) is 11.8 Å². The molecule has 0 aromatic heterocycles. The van der Waals surface area contributed by atoms with Crippen LogP contribution in [0.5, 0.6) is 0 Å². The molecule has 0 saturated heterocycles. The molecule has 5 heteroatoms. The van der Waals surface area contributed by atoms with Crippen LogP contribution < -0.4 is 5.32 Å². The van der Waals surface area contributed by atoms with Crippen LogP contribution in [-0.2, 0) is 14.3 Å². The van der Waals surface area contributed by atoms with E-state index >= 15 is 0 Å². The first-order valence-corrected chi connectivity index (χ1v) is 6.07. The Hall–Kier alpha value is -1.10. The third-order valence-corrected chi connectivity index (χ3v) is 3.03. The van der Waals surface area contributed by atoms with E-state index in [9.17, 15) is 9.59 Å². The van der Waals surface area contributed by atoms with Gasteiger partial charge in [0.25, 0.3) is 0 Å². The van der Waals surface area contributed by atoms with Crippen LogP contribution in [0.1, 0.15) is 19.8 Å². The van der Waals surface area contributed by atoms with Crippen molar-refractivity contribution in [2.45, 2.75) is 19.8 Å². The summed E-state index contributed by atoms with van der Waals surface area (Å²) in [5.41, 5.74) is 0. The standard InChI is InChI=1S/C12H22N2O3/c1-9-7-10(9)12(16)14(2)8-11(15)13-5-4-6-17-3/h9-10H,4-8H2,1-3H3,(H,13,15). The summed E-state index contributed by atoms with van der Waals surface area (Å²) in [6.07, 6.45) is 1.75. The van der Waals surface area contributed by atoms with Crippen molar-refractivity contribution in [1.82, 2.24) is 10.2 Å². The smallest absolute Gasteiger partial charge is 0.239 e. The van der Waals surface area contributed by atoms with Crippen LogP contribution in [-0.4, -0.2) is 50.6 Å². The van der Waals surface area contributed by atoms with Gasteiger partial charge in [-0.2, -0.15) is 0 Å². The zero-order chi connectivity index (χ0) is 12.8. The summed E-state index contributed by atoms with van der Waals surface area (Å²) in [5.74, 6) is 0.603. The van der Waals surface area contributed by atoms with Crippen LogP contribution in [0.15, 0.2) is 0 Å². The fraction of sp³-hybridized carbons (Fsp3) is 0.833. The van der Waals surface area contributed by atoms with Crippen molar-refractivity contribution in [3.8, 4) is 0 Å². The highest BCUT2D eigenvalue weighted by atomic mass is 16.5. The third kappa shape index (κ3) is 4.73. The highest BCUT2D eigenvalue weighted by Crippen LogP contribution is 2.38. The fourth-order valence-corrected chi connectivity index (χ4v) is 1.74. The van der Waals surface area contributed by atoms with E-state index in [1.807, 2.05) is 0 Å². The SMILES string of the molecule is COCCCNC(=O)CN(C)C(=O)C1CC1C. The normalized spacial score (nSPS) is 22.1. The quantitative estimate of drug-likeness (QED) is 0.651. The summed E-state index contributed by atoms with van der Waals surface area (Å²) in [6, 6.07) is 0. The average molecular weight is 242 g/mol. The summed E-state index contributed by atoms with van der Waals surface area (Å²) >= 11 is 0. The fourth-order valence-electron chi connectivity index (χ4n) is 1.74. The summed E-state index contributed by atoms with van der Waals surface area (Å²) in [4.78, 5) is 24.8. The van der Waals surface area contributed by atoms with Crippen LogP contribution in [0.3, 0.4) is 0 Å². The second kappa shape index (κ2) is 6.59. The molecule has 1 N–H and O–H groups in total. The first-order chi connectivity index (χ1) is 8.06. The van der Waals surface area contributed by atoms with Crippen LogP contribution in [0.25, 0.3) is 0 Å². The number of nitrogens with zero attached hydrogens (tertiary/aromatic N) is 1. The van der Waals surface area contributed by atoms with Gasteiger partial charge in [0.1, 0.15) is 0 Å². The van der Waals surface area contributed by atoms with Crippen molar-refractivity contribution in [2.75, 3.05) is 33.9 Å². The predicted octanol–water partition coefficient (Wildman–Crippen LogP) is 0.254. The molecule has 98 valence electrons. The van der Waals surface area contributed by atoms with Gasteiger partial charge in [-0.1, -0.05) is 6.92 Å². The molecule has 1 rings (SSSR count). The lowest BCUT2D eigenvalue weighted by Crippen LogP contribution is -2.39. The van der Waals surface area contributed by atoms with Crippen molar-refractivity contribution in [3.05, 3.63) is 0 Å². The van der Waals surface area contributed by atoms with Gasteiger partial charge in [0, 0.05) is 33.2 Å². The van der Waals surface area contributed by atoms with Gasteiger partial charge in [-0.15, -0.1) is 0 Å². The van der Waals surface area contributed by atoms with Crippen LogP contribution >= 0.6 is 0 Å². The maximum absolute atomic E-state index is 11.8. The number of carbonyl (C=O) groups is 2. The van der Waals surface area contributed by atoms with E-state index in [0.29, 0.717) is 19.1 Å². The van der Waals surface area contributed by atoms with Gasteiger partial charge in [0.15, 0.2) is 0 Å². The summed E-state index contributed by atoms with van der Waals surface area (Å²) < 4.78 is 4.88. The maximum atomic E-state index is 11.8. The molecule has 2 amide bonds. The zero-order valence-corrected chi connectivity index (χ0v) is 10.9. The average Bonchev–Trinajstić information content (AvgIpc) is 3.00. The van der Waals surface area contributed by atoms with Crippen molar-refractivity contribution in [2.24, 2.45) is 11.8 Å². The Morgan fingerprint density at radius 2 is 2.12 bits per heavy atom. The minimum absolute atomic E-state index is 0.0875. The topological polar surface area (TPSA) is 58.6 Å². The molecule has 0 aliphatic heterocycles. The minimum Gasteiger partial charge on any atom is -0.385 e. The van der Waals surface area contributed by atoms with E-state index < -0.39 is 0 Å². The molecular weight excluding hydrogens is 220 g/mol. The highest BCUT2D eigenvalue weighted by Gasteiger charge is 2.40. The monoisotopic (exact) mass is 242 g/mol. The van der Waals surface area contributed by atoms with Crippen LogP contribution in [0, 0.1) is 11.8 Å². The van der Waals surface area contributed by atoms with Crippen molar-refractivity contribution < 1.29 is 14.3 Å². The highest BCUT2D eigenvalue weighted by molar-refractivity contribution is 5.87. The van der Waals surface area contributed by atoms with Gasteiger partial charge in [0.05, 0.1) is 6.54 Å². The maximum Gasteiger partial charge on any atom is 0.239 e. The van der Waals surface area contributed by atoms with Gasteiger partial charge in [-0.25, -0.2) is 0 Å². The number of nitrogens with one attached hydrogen (secondary N) is 1. The molecule has 5 nitrogen and oxygen atoms in total. The van der Waals surface area contributed by atoms with E-state index in [-0.39, 0.29) is 24.3 Å². The molecule has 0 bridgehead atoms. The Morgan fingerprint density at radius 1 is 1.47 bits per heavy atom. The number of hydrogen-bond donors (Lipinski definition) is 1. The molecule has 0 heterocycles. The lowest BCUT2D eigenvalue weighted by atomic mass is 10.3. The molecule has 1 fully saturated rings. The predicted molar refractivity (Wildman–Crippen MR) is 64.4 cm³/mol. The zero-order valence-electron chi connectivity index (χ0n) is 10.9. The molecule has 17 heavy (non-hydrogen) atoms. The lowest BCUT2D eigenvalue weighted by molar-refractivity contribution is -0.136. The van der Waals surface area contributed by atoms with Gasteiger partial charge < -0.3 is 15.0 Å². The number of likely N-dealkylation sites (N-methyl/N-ethyl adjacent to an activating group) is 1. The van der Waals surface area contributed by atoms with Gasteiger partial charge in [-0.05, 0) is 18.8 Å². The molecule has 0 aromatic carbocycles. The first kappa shape index (κ1) is 14.0. The number of amides is 2. The van der Waals surface area contributed by atoms with E-state index in [1.165, 1.54) is 4.90 Å². The lowest BCUT2D eigenvalue weighted by Gasteiger charge is -2.16. The van der Waals surface area contributed by atoms with E-state index in [4.69, 9.17) is 4.74 Å². The van der Waals surface area contributed by atoms with Crippen LogP contribution in [0.4, 0.5) is 0 Å². The van der Waals surface area contributed by atoms with Gasteiger partial charge in [-0.3, -0.25) is 9.59 Å². The number of ether oxygens (including phenoxy) is 1. The Morgan fingerprint density at radius 3 is 2.65 bits per heavy atom. The van der Waals surface area contributed by atoms with Crippen molar-refractivity contribution >= 4 is 11.8 Å². The summed E-state index contributed by atoms with van der Waals surface area (Å²) in [6.45, 7) is 3.43. The van der Waals surface area contributed by atoms with E-state index in [1.54, 1.807) is 14.2 Å². The molecule has 2 atom stereocenters. The van der Waals surface area contributed by atoms with Gasteiger partial charge >= 0.3 is 0 Å². The first-order valence-electron chi connectivity index (χ1n) is 6.07. The molecule has 1 aliphatic carbocycles. The van der Waals surface area contributed by atoms with E-state index in [0.717, 1.165) is 12.8 Å². The largest absolute Gasteiger partial charge is 0.385 e. The van der Waals surface area contributed by atoms with Crippen molar-refractivity contribution in [3.63, 3.8) is 0 Å². The Bertz CT molecular complexity index is 281. The second-order valence-corrected chi connectivity index (χ2v) is 4.71. The number of hydrogen-bond acceptors (Lipinski definition) is 3. The third-order valence-electron chi connectivity index (χ3n) is 3.03. The second-order valence-electron chi connectivity index (χ2n) is 4.71. The van der Waals surface area contributed by atoms with Crippen LogP contribution in [0.2, 0.25) is 0 Å². The Labute approximate surface area is 102 Å². The molecular formula is C12H22N2O3. The molecule has 0 radical (unpaired) electrons. The molecule has 0 spiro atoms. The molecule has 1 saturated carbocycles. The number of methoxy groups -OCH3 is 1. The van der Waals surface area contributed by atoms with Crippen molar-refractivity contribution in [1.29, 1.82) is 0 Å². The Kier molecular flexibility index (Phi) is 5.41. The molecule has 0 aromatic rings. The Balaban J connectivity index is 2.14. The summed E-state index contributed by atoms with van der Waals surface area (Å²) in [5, 5.41) is 2.76.